The van der Waals surface area contributed by atoms with E-state index < -0.39 is 20.2 Å². The van der Waals surface area contributed by atoms with Crippen molar-refractivity contribution in [1.82, 2.24) is 0 Å². The molecule has 2 aromatic rings. The fraction of sp³-hybridized carbons (Fsp3) is 0.647. The summed E-state index contributed by atoms with van der Waals surface area (Å²) in [4.78, 5) is -0.0443. The van der Waals surface area contributed by atoms with Gasteiger partial charge in [0, 0.05) is 0 Å². The summed E-state index contributed by atoms with van der Waals surface area (Å²) in [6.45, 7) is 0. The van der Waals surface area contributed by atoms with Crippen LogP contribution in [-0.2, 0) is 20.2 Å². The zero-order chi connectivity index (χ0) is 29.6. The van der Waals surface area contributed by atoms with Crippen LogP contribution < -0.4 is 4.18 Å². The van der Waals surface area contributed by atoms with Crippen molar-refractivity contribution in [2.24, 2.45) is 0 Å². The Labute approximate surface area is 253 Å². The molecule has 232 valence electrons. The third-order valence-corrected chi connectivity index (χ3v) is 12.1. The Hall–Kier alpha value is -1.90. The molecule has 3 aliphatic rings. The SMILES string of the molecule is O=S(=O)([O-])c1c(C2CCCC2)cc(OS(=O)(=O)c2ccc(C3CCCCCCCCCCC3)cc2)cc1C1CCCC1. The van der Waals surface area contributed by atoms with Crippen LogP contribution in [0.5, 0.6) is 5.75 Å². The van der Waals surface area contributed by atoms with E-state index >= 15 is 0 Å². The maximum Gasteiger partial charge on any atom is 0.339 e. The van der Waals surface area contributed by atoms with Gasteiger partial charge in [0.1, 0.15) is 20.8 Å². The second-order valence-electron chi connectivity index (χ2n) is 12.9. The van der Waals surface area contributed by atoms with Gasteiger partial charge >= 0.3 is 10.1 Å². The highest BCUT2D eigenvalue weighted by molar-refractivity contribution is 7.87. The lowest BCUT2D eigenvalue weighted by atomic mass is 9.87. The molecule has 5 rings (SSSR count). The van der Waals surface area contributed by atoms with Crippen molar-refractivity contribution in [3.63, 3.8) is 0 Å². The lowest BCUT2D eigenvalue weighted by Crippen LogP contribution is -2.15. The molecule has 0 unspecified atom stereocenters. The van der Waals surface area contributed by atoms with Crippen LogP contribution in [0.4, 0.5) is 0 Å². The molecule has 0 N–H and O–H groups in total. The molecule has 0 heterocycles. The van der Waals surface area contributed by atoms with Crippen molar-refractivity contribution in [3.8, 4) is 5.75 Å². The molecule has 0 aliphatic heterocycles. The average Bonchev–Trinajstić information content (AvgIpc) is 3.68. The molecule has 3 saturated carbocycles. The van der Waals surface area contributed by atoms with Crippen molar-refractivity contribution >= 4 is 20.2 Å². The predicted molar refractivity (Wildman–Crippen MR) is 165 cm³/mol. The van der Waals surface area contributed by atoms with Gasteiger partial charge in [-0.25, -0.2) is 8.42 Å². The molecule has 3 aliphatic carbocycles. The van der Waals surface area contributed by atoms with E-state index in [1.165, 1.54) is 75.5 Å². The average molecular weight is 616 g/mol. The maximum absolute atomic E-state index is 13.5. The van der Waals surface area contributed by atoms with Crippen LogP contribution in [0.3, 0.4) is 0 Å². The number of rotatable bonds is 7. The van der Waals surface area contributed by atoms with Gasteiger partial charge in [-0.15, -0.1) is 0 Å². The summed E-state index contributed by atoms with van der Waals surface area (Å²) in [5, 5.41) is 0. The molecule has 0 atom stereocenters. The quantitative estimate of drug-likeness (QED) is 0.227. The zero-order valence-electron chi connectivity index (χ0n) is 24.9. The highest BCUT2D eigenvalue weighted by Gasteiger charge is 2.31. The monoisotopic (exact) mass is 615 g/mol. The Morgan fingerprint density at radius 3 is 1.36 bits per heavy atom. The summed E-state index contributed by atoms with van der Waals surface area (Å²) in [6.07, 6.45) is 20.8. The molecule has 2 aromatic carbocycles. The van der Waals surface area contributed by atoms with E-state index in [0.717, 1.165) is 64.2 Å². The first-order valence-electron chi connectivity index (χ1n) is 16.4. The molecule has 3 fully saturated rings. The number of benzene rings is 2. The minimum Gasteiger partial charge on any atom is -0.744 e. The van der Waals surface area contributed by atoms with Crippen LogP contribution >= 0.6 is 0 Å². The van der Waals surface area contributed by atoms with Crippen molar-refractivity contribution in [1.29, 1.82) is 0 Å². The first-order valence-corrected chi connectivity index (χ1v) is 19.2. The van der Waals surface area contributed by atoms with Crippen LogP contribution in [0.2, 0.25) is 0 Å². The summed E-state index contributed by atoms with van der Waals surface area (Å²) in [7, 11) is -8.89. The second kappa shape index (κ2) is 14.3. The van der Waals surface area contributed by atoms with Gasteiger partial charge in [0.2, 0.25) is 0 Å². The fourth-order valence-corrected chi connectivity index (χ4v) is 9.58. The molecule has 0 spiro atoms. The molecule has 0 amide bonds. The van der Waals surface area contributed by atoms with Gasteiger partial charge in [0.05, 0.1) is 4.90 Å². The van der Waals surface area contributed by atoms with Gasteiger partial charge in [0.25, 0.3) is 0 Å². The second-order valence-corrected chi connectivity index (χ2v) is 15.8. The number of hydrogen-bond acceptors (Lipinski definition) is 6. The molecule has 6 nitrogen and oxygen atoms in total. The van der Waals surface area contributed by atoms with Crippen LogP contribution in [0.1, 0.15) is 156 Å². The van der Waals surface area contributed by atoms with E-state index in [9.17, 15) is 21.4 Å². The van der Waals surface area contributed by atoms with E-state index in [0.29, 0.717) is 17.0 Å². The van der Waals surface area contributed by atoms with Crippen LogP contribution in [0.15, 0.2) is 46.2 Å². The molecule has 0 aromatic heterocycles. The normalized spacial score (nSPS) is 21.2. The predicted octanol–water partition coefficient (Wildman–Crippen LogP) is 9.06. The van der Waals surface area contributed by atoms with E-state index in [1.54, 1.807) is 12.1 Å². The summed E-state index contributed by atoms with van der Waals surface area (Å²) in [5.74, 6) is 0.377. The fourth-order valence-electron chi connectivity index (χ4n) is 7.64. The lowest BCUT2D eigenvalue weighted by Gasteiger charge is -2.25. The summed E-state index contributed by atoms with van der Waals surface area (Å²) in [6, 6.07) is 10.2. The third-order valence-electron chi connectivity index (χ3n) is 9.91. The maximum atomic E-state index is 13.5. The summed E-state index contributed by atoms with van der Waals surface area (Å²) >= 11 is 0. The Morgan fingerprint density at radius 1 is 0.548 bits per heavy atom. The minimum atomic E-state index is -4.74. The molecular formula is C34H47O6S2-. The van der Waals surface area contributed by atoms with E-state index in [4.69, 9.17) is 4.18 Å². The van der Waals surface area contributed by atoms with Crippen LogP contribution in [0, 0.1) is 0 Å². The van der Waals surface area contributed by atoms with Crippen molar-refractivity contribution < 1.29 is 25.6 Å². The van der Waals surface area contributed by atoms with Crippen molar-refractivity contribution in [2.75, 3.05) is 0 Å². The van der Waals surface area contributed by atoms with Gasteiger partial charge in [0.15, 0.2) is 0 Å². The Morgan fingerprint density at radius 2 is 0.929 bits per heavy atom. The summed E-state index contributed by atoms with van der Waals surface area (Å²) in [5.41, 5.74) is 2.06. The minimum absolute atomic E-state index is 0.0830. The highest BCUT2D eigenvalue weighted by atomic mass is 32.2. The first kappa shape index (κ1) is 31.5. The molecule has 8 heteroatoms. The van der Waals surface area contributed by atoms with Gasteiger partial charge in [-0.3, -0.25) is 0 Å². The largest absolute Gasteiger partial charge is 0.744 e. The topological polar surface area (TPSA) is 101 Å². The Bertz CT molecular complexity index is 1340. The number of hydrogen-bond donors (Lipinski definition) is 0. The molecule has 0 bridgehead atoms. The van der Waals surface area contributed by atoms with Gasteiger partial charge in [-0.1, -0.05) is 95.6 Å². The van der Waals surface area contributed by atoms with Crippen LogP contribution in [0.25, 0.3) is 0 Å². The Kier molecular flexibility index (Phi) is 10.7. The zero-order valence-corrected chi connectivity index (χ0v) is 26.5. The standard InChI is InChI=1S/C34H48O6S2/c35-41(36,37)34-32(28-16-10-11-17-28)24-30(25-33(34)29-18-12-13-19-29)40-42(38,39)31-22-20-27(21-23-31)26-14-8-6-4-2-1-3-5-7-9-15-26/h20-26,28-29H,1-19H2,(H,35,36,37)/p-1. The molecule has 0 saturated heterocycles. The smallest absolute Gasteiger partial charge is 0.339 e. The Balaban J connectivity index is 1.40. The molecular weight excluding hydrogens is 569 g/mol. The van der Waals surface area contributed by atoms with Crippen molar-refractivity contribution in [2.45, 2.75) is 150 Å². The lowest BCUT2D eigenvalue weighted by molar-refractivity contribution is 0.457. The summed E-state index contributed by atoms with van der Waals surface area (Å²) < 4.78 is 70.4. The van der Waals surface area contributed by atoms with Crippen molar-refractivity contribution in [3.05, 3.63) is 53.1 Å². The van der Waals surface area contributed by atoms with Crippen LogP contribution in [-0.4, -0.2) is 21.4 Å². The highest BCUT2D eigenvalue weighted by Crippen LogP contribution is 2.45. The third kappa shape index (κ3) is 7.97. The molecule has 42 heavy (non-hydrogen) atoms. The van der Waals surface area contributed by atoms with Gasteiger partial charge < -0.3 is 8.74 Å². The first-order chi connectivity index (χ1) is 20.2. The van der Waals surface area contributed by atoms with E-state index in [2.05, 4.69) is 0 Å². The van der Waals surface area contributed by atoms with E-state index in [-0.39, 0.29) is 27.4 Å². The van der Waals surface area contributed by atoms with E-state index in [1.807, 2.05) is 12.1 Å². The molecule has 0 radical (unpaired) electrons. The van der Waals surface area contributed by atoms with Gasteiger partial charge in [-0.2, -0.15) is 8.42 Å². The van der Waals surface area contributed by atoms with Gasteiger partial charge in [-0.05, 0) is 97.2 Å².